The molecule has 12 bridgehead atoms. The van der Waals surface area contributed by atoms with Gasteiger partial charge in [-0.25, -0.2) is 29.9 Å². The largest absolute Gasteiger partial charge is 0.247 e. The molecule has 6 nitrogen and oxygen atoms in total. The molecule has 0 fully saturated rings. The highest BCUT2D eigenvalue weighted by Crippen LogP contribution is 2.36. The molecule has 0 saturated heterocycles. The van der Waals surface area contributed by atoms with E-state index >= 15 is 0 Å². The normalized spacial score (nSPS) is 12.8. The van der Waals surface area contributed by atoms with E-state index in [1.807, 2.05) is 54.6 Å². The number of fused-ring (bicyclic) bond motifs is 16. The summed E-state index contributed by atoms with van der Waals surface area (Å²) < 4.78 is 0. The maximum atomic E-state index is 5.23. The molecule has 0 spiro atoms. The third kappa shape index (κ3) is 6.78. The Morgan fingerprint density at radius 2 is 0.702 bits per heavy atom. The van der Waals surface area contributed by atoms with Crippen molar-refractivity contribution in [2.24, 2.45) is 4.99 Å². The summed E-state index contributed by atoms with van der Waals surface area (Å²) in [5.41, 5.74) is 19.0. The first-order valence-corrected chi connectivity index (χ1v) is 19.1. The highest BCUT2D eigenvalue weighted by Gasteiger charge is 2.21. The summed E-state index contributed by atoms with van der Waals surface area (Å²) in [6.45, 7) is 6.30. The van der Waals surface area contributed by atoms with Gasteiger partial charge in [0.25, 0.3) is 0 Å². The lowest BCUT2D eigenvalue weighted by molar-refractivity contribution is 1.19. The third-order valence-electron chi connectivity index (χ3n) is 10.4. The standard InChI is InChI=1S/C51H36N6/c1-31-13-19-34(20-14-31)37-25-47-41-8-4-7-39(52-41)29-46-40(36-23-17-33(3)18-24-36)30-51(55-46)45-12-6-11-44(54-45)50-28-38(35-21-15-32(2)16-22-35)27-49(57-50)43-10-5-9-42(53-43)48(26-37)56-47/h4-30H,1-3H3. The Labute approximate surface area is 331 Å². The number of aliphatic imine (C=N–C) groups is 1. The second-order valence-corrected chi connectivity index (χ2v) is 14.7. The van der Waals surface area contributed by atoms with E-state index in [4.69, 9.17) is 29.9 Å². The number of benzene rings is 3. The summed E-state index contributed by atoms with van der Waals surface area (Å²) in [6, 6.07) is 52.3. The molecule has 0 amide bonds. The summed E-state index contributed by atoms with van der Waals surface area (Å²) >= 11 is 0. The number of aromatic nitrogens is 5. The van der Waals surface area contributed by atoms with E-state index in [0.717, 1.165) is 102 Å². The summed E-state index contributed by atoms with van der Waals surface area (Å²) in [6.07, 6.45) is 4.18. The van der Waals surface area contributed by atoms with Gasteiger partial charge in [0.2, 0.25) is 0 Å². The van der Waals surface area contributed by atoms with E-state index in [9.17, 15) is 0 Å². The van der Waals surface area contributed by atoms with Gasteiger partial charge in [0.05, 0.1) is 68.3 Å². The molecule has 5 aromatic heterocycles. The fourth-order valence-corrected chi connectivity index (χ4v) is 7.30. The lowest BCUT2D eigenvalue weighted by Gasteiger charge is -2.12. The Morgan fingerprint density at radius 3 is 1.19 bits per heavy atom. The van der Waals surface area contributed by atoms with Crippen LogP contribution in [0.1, 0.15) is 33.6 Å². The minimum atomic E-state index is 0.737. The summed E-state index contributed by atoms with van der Waals surface area (Å²) in [5, 5.41) is 0. The lowest BCUT2D eigenvalue weighted by Crippen LogP contribution is -2.01. The maximum Gasteiger partial charge on any atom is 0.0900 e. The molecule has 0 aliphatic carbocycles. The van der Waals surface area contributed by atoms with Crippen molar-refractivity contribution < 1.29 is 0 Å². The van der Waals surface area contributed by atoms with Gasteiger partial charge in [0.15, 0.2) is 0 Å². The van der Waals surface area contributed by atoms with Crippen LogP contribution < -0.4 is 0 Å². The molecular weight excluding hydrogens is 697 g/mol. The van der Waals surface area contributed by atoms with Crippen molar-refractivity contribution in [1.29, 1.82) is 0 Å². The first kappa shape index (κ1) is 34.1. The Kier molecular flexibility index (Phi) is 8.37. The molecule has 0 atom stereocenters. The van der Waals surface area contributed by atoms with Crippen LogP contribution in [0.4, 0.5) is 0 Å². The lowest BCUT2D eigenvalue weighted by atomic mass is 10.00. The average Bonchev–Trinajstić information content (AvgIpc) is 3.67. The highest BCUT2D eigenvalue weighted by molar-refractivity contribution is 6.18. The molecule has 0 saturated carbocycles. The second kappa shape index (κ2) is 14.0. The Hall–Kier alpha value is -7.44. The van der Waals surface area contributed by atoms with Gasteiger partial charge in [-0.1, -0.05) is 108 Å². The molecule has 7 heterocycles. The van der Waals surface area contributed by atoms with Gasteiger partial charge < -0.3 is 0 Å². The van der Waals surface area contributed by atoms with Gasteiger partial charge in [-0.15, -0.1) is 0 Å². The SMILES string of the molecule is Cc1ccc(C2=CC3=NC2=Cc2cccc(n2)-c2cc(-c4ccc(C)cc4)cc(n2)-c2cccc(n2)-c2cc(-c4ccc(C)cc4)cc(n2)-c2cccc3n2)cc1. The van der Waals surface area contributed by atoms with Crippen LogP contribution in [0.5, 0.6) is 0 Å². The van der Waals surface area contributed by atoms with Crippen LogP contribution in [-0.4, -0.2) is 30.6 Å². The molecule has 270 valence electrons. The van der Waals surface area contributed by atoms with Crippen LogP contribution in [0, 0.1) is 20.8 Å². The average molecular weight is 733 g/mol. The molecule has 2 aliphatic rings. The molecule has 0 radical (unpaired) electrons. The molecule has 57 heavy (non-hydrogen) atoms. The zero-order valence-electron chi connectivity index (χ0n) is 31.8. The fourth-order valence-electron chi connectivity index (χ4n) is 7.30. The quantitative estimate of drug-likeness (QED) is 0.181. The van der Waals surface area contributed by atoms with Crippen LogP contribution in [0.3, 0.4) is 0 Å². The first-order chi connectivity index (χ1) is 27.9. The maximum absolute atomic E-state index is 5.23. The third-order valence-corrected chi connectivity index (χ3v) is 10.4. The Bertz CT molecular complexity index is 2960. The number of pyridine rings is 5. The Balaban J connectivity index is 1.24. The Morgan fingerprint density at radius 1 is 0.316 bits per heavy atom. The van der Waals surface area contributed by atoms with E-state index < -0.39 is 0 Å². The van der Waals surface area contributed by atoms with Crippen molar-refractivity contribution in [2.45, 2.75) is 20.8 Å². The minimum Gasteiger partial charge on any atom is -0.247 e. The first-order valence-electron chi connectivity index (χ1n) is 19.1. The molecule has 3 aromatic carbocycles. The van der Waals surface area contributed by atoms with E-state index in [-0.39, 0.29) is 0 Å². The van der Waals surface area contributed by atoms with E-state index in [0.29, 0.717) is 0 Å². The fraction of sp³-hybridized carbons (Fsp3) is 0.0588. The van der Waals surface area contributed by atoms with Crippen LogP contribution in [0.25, 0.3) is 79.5 Å². The zero-order chi connectivity index (χ0) is 38.5. The van der Waals surface area contributed by atoms with E-state index in [1.54, 1.807) is 0 Å². The van der Waals surface area contributed by atoms with Crippen LogP contribution in [0.2, 0.25) is 0 Å². The van der Waals surface area contributed by atoms with Crippen molar-refractivity contribution in [3.63, 3.8) is 0 Å². The van der Waals surface area contributed by atoms with Crippen LogP contribution in [0.15, 0.2) is 168 Å². The minimum absolute atomic E-state index is 0.737. The van der Waals surface area contributed by atoms with Crippen molar-refractivity contribution in [1.82, 2.24) is 24.9 Å². The van der Waals surface area contributed by atoms with Gasteiger partial charge in [-0.05, 0) is 121 Å². The molecule has 0 unspecified atom stereocenters. The molecule has 10 rings (SSSR count). The zero-order valence-corrected chi connectivity index (χ0v) is 31.8. The molecule has 2 aliphatic heterocycles. The van der Waals surface area contributed by atoms with Gasteiger partial charge in [0, 0.05) is 5.57 Å². The smallest absolute Gasteiger partial charge is 0.0900 e. The number of aryl methyl sites for hydroxylation is 3. The van der Waals surface area contributed by atoms with Gasteiger partial charge in [0.1, 0.15) is 0 Å². The predicted octanol–water partition coefficient (Wildman–Crippen LogP) is 11.8. The van der Waals surface area contributed by atoms with Gasteiger partial charge in [-0.2, -0.15) is 0 Å². The summed E-state index contributed by atoms with van der Waals surface area (Å²) in [7, 11) is 0. The number of hydrogen-bond donors (Lipinski definition) is 0. The van der Waals surface area contributed by atoms with Crippen LogP contribution >= 0.6 is 0 Å². The number of rotatable bonds is 3. The van der Waals surface area contributed by atoms with Gasteiger partial charge in [-0.3, -0.25) is 0 Å². The number of allylic oxidation sites excluding steroid dienone is 2. The summed E-state index contributed by atoms with van der Waals surface area (Å²) in [5.74, 6) is 0. The van der Waals surface area contributed by atoms with E-state index in [1.165, 1.54) is 16.7 Å². The molecule has 6 heteroatoms. The second-order valence-electron chi connectivity index (χ2n) is 14.7. The van der Waals surface area contributed by atoms with Gasteiger partial charge >= 0.3 is 0 Å². The van der Waals surface area contributed by atoms with Crippen LogP contribution in [-0.2, 0) is 0 Å². The molecule has 8 aromatic rings. The predicted molar refractivity (Wildman–Crippen MR) is 231 cm³/mol. The molecular formula is C51H36N6. The molecule has 0 N–H and O–H groups in total. The van der Waals surface area contributed by atoms with E-state index in [2.05, 4.69) is 130 Å². The monoisotopic (exact) mass is 732 g/mol. The van der Waals surface area contributed by atoms with Crippen molar-refractivity contribution >= 4 is 17.4 Å². The highest BCUT2D eigenvalue weighted by atomic mass is 14.9. The number of nitrogens with zero attached hydrogens (tertiary/aromatic N) is 6. The van der Waals surface area contributed by atoms with Crippen molar-refractivity contribution in [2.75, 3.05) is 0 Å². The number of hydrogen-bond acceptors (Lipinski definition) is 6. The summed E-state index contributed by atoms with van der Waals surface area (Å²) in [4.78, 5) is 31.3. The van der Waals surface area contributed by atoms with Crippen molar-refractivity contribution in [3.8, 4) is 67.8 Å². The van der Waals surface area contributed by atoms with Crippen molar-refractivity contribution in [3.05, 3.63) is 197 Å². The topological polar surface area (TPSA) is 76.8 Å².